The lowest BCUT2D eigenvalue weighted by molar-refractivity contribution is -0.141. The molecule has 1 heterocycles. The quantitative estimate of drug-likeness (QED) is 0.854. The highest BCUT2D eigenvalue weighted by Crippen LogP contribution is 2.25. The largest absolute Gasteiger partial charge is 0.360 e. The summed E-state index contributed by atoms with van der Waals surface area (Å²) in [6, 6.07) is 2.90. The third-order valence-corrected chi connectivity index (χ3v) is 3.25. The van der Waals surface area contributed by atoms with E-state index in [0.29, 0.717) is 12.2 Å². The van der Waals surface area contributed by atoms with Gasteiger partial charge in [0.1, 0.15) is 17.7 Å². The van der Waals surface area contributed by atoms with E-state index >= 15 is 0 Å². The number of halogens is 2. The maximum atomic E-state index is 13.3. The molecule has 4 nitrogen and oxygen atoms in total. The number of amides is 1. The van der Waals surface area contributed by atoms with Crippen LogP contribution in [-0.4, -0.2) is 38.2 Å². The average molecular weight is 297 g/mol. The van der Waals surface area contributed by atoms with E-state index in [9.17, 15) is 13.6 Å². The monoisotopic (exact) mass is 297 g/mol. The second kappa shape index (κ2) is 6.11. The molecule has 7 heteroatoms. The van der Waals surface area contributed by atoms with E-state index < -0.39 is 23.5 Å². The molecule has 2 rings (SSSR count). The smallest absolute Gasteiger partial charge is 0.215 e. The number of carbonyl (C=O) groups excluding carboxylic acids is 1. The predicted octanol–water partition coefficient (Wildman–Crippen LogP) is 1.37. The van der Waals surface area contributed by atoms with Gasteiger partial charge in [-0.2, -0.15) is 0 Å². The second-order valence-corrected chi connectivity index (χ2v) is 5.66. The summed E-state index contributed by atoms with van der Waals surface area (Å²) in [6.45, 7) is 3.87. The molecule has 1 aromatic rings. The van der Waals surface area contributed by atoms with Gasteiger partial charge in [-0.3, -0.25) is 4.79 Å². The number of carbonyl (C=O) groups is 1. The summed E-state index contributed by atoms with van der Waals surface area (Å²) in [5.41, 5.74) is 0.458. The summed E-state index contributed by atoms with van der Waals surface area (Å²) in [5.74, 6) is -2.25. The summed E-state index contributed by atoms with van der Waals surface area (Å²) in [5, 5.41) is 2.76. The molecule has 1 saturated heterocycles. The van der Waals surface area contributed by atoms with Gasteiger partial charge in [0, 0.05) is 6.07 Å². The molecule has 2 atom stereocenters. The van der Waals surface area contributed by atoms with E-state index in [-0.39, 0.29) is 18.3 Å². The Balaban J connectivity index is 2.14. The van der Waals surface area contributed by atoms with Gasteiger partial charge >= 0.3 is 0 Å². The standard InChI is InChI=1S/C14H18BF2NO3/c1-14(2)20-7-12(21-14)11(18-13(15)19)5-8-3-9(16)6-10(17)4-8/h3-4,6,11-12H,5,7,15H2,1-2H3,(H,18,19)/t11-,12+/m0/s1. The molecule has 0 aromatic heterocycles. The number of hydrogen-bond donors (Lipinski definition) is 1. The van der Waals surface area contributed by atoms with Crippen molar-refractivity contribution in [2.75, 3.05) is 6.61 Å². The zero-order chi connectivity index (χ0) is 15.6. The fourth-order valence-corrected chi connectivity index (χ4v) is 2.43. The minimum absolute atomic E-state index is 0.231. The van der Waals surface area contributed by atoms with Gasteiger partial charge in [0.2, 0.25) is 7.85 Å². The van der Waals surface area contributed by atoms with Crippen molar-refractivity contribution in [1.82, 2.24) is 5.32 Å². The van der Waals surface area contributed by atoms with Crippen LogP contribution in [-0.2, 0) is 15.9 Å². The minimum atomic E-state index is -0.728. The lowest BCUT2D eigenvalue weighted by Gasteiger charge is -2.25. The first kappa shape index (κ1) is 15.9. The molecule has 0 aliphatic carbocycles. The molecule has 1 aliphatic rings. The van der Waals surface area contributed by atoms with Gasteiger partial charge in [0.15, 0.2) is 11.6 Å². The maximum absolute atomic E-state index is 13.3. The van der Waals surface area contributed by atoms with Crippen LogP contribution in [0.1, 0.15) is 19.4 Å². The van der Waals surface area contributed by atoms with Gasteiger partial charge in [0.05, 0.1) is 12.6 Å². The fraction of sp³-hybridized carbons (Fsp3) is 0.500. The van der Waals surface area contributed by atoms with Crippen LogP contribution in [0.2, 0.25) is 0 Å². The van der Waals surface area contributed by atoms with E-state index in [1.165, 1.54) is 20.0 Å². The van der Waals surface area contributed by atoms with E-state index in [1.807, 2.05) is 0 Å². The first-order valence-electron chi connectivity index (χ1n) is 6.79. The normalized spacial score (nSPS) is 22.0. The highest BCUT2D eigenvalue weighted by molar-refractivity contribution is 6.57. The molecule has 0 saturated carbocycles. The molecular weight excluding hydrogens is 279 g/mol. The Hall–Kier alpha value is -1.47. The molecule has 1 amide bonds. The van der Waals surface area contributed by atoms with Crippen molar-refractivity contribution < 1.29 is 23.0 Å². The lowest BCUT2D eigenvalue weighted by atomic mass is 9.99. The first-order chi connectivity index (χ1) is 9.75. The number of benzene rings is 1. The van der Waals surface area contributed by atoms with Crippen molar-refractivity contribution in [3.05, 3.63) is 35.4 Å². The Labute approximate surface area is 123 Å². The molecule has 114 valence electrons. The van der Waals surface area contributed by atoms with Crippen LogP contribution in [0.15, 0.2) is 18.2 Å². The Morgan fingerprint density at radius 2 is 2.05 bits per heavy atom. The van der Waals surface area contributed by atoms with Crippen LogP contribution in [0.3, 0.4) is 0 Å². The molecule has 1 aromatic carbocycles. The molecular formula is C14H18BF2NO3. The molecule has 21 heavy (non-hydrogen) atoms. The molecule has 0 unspecified atom stereocenters. The van der Waals surface area contributed by atoms with Crippen LogP contribution in [0.25, 0.3) is 0 Å². The molecule has 0 spiro atoms. The molecule has 1 fully saturated rings. The van der Waals surface area contributed by atoms with Crippen LogP contribution < -0.4 is 5.32 Å². The van der Waals surface area contributed by atoms with Crippen LogP contribution in [0.5, 0.6) is 0 Å². The lowest BCUT2D eigenvalue weighted by Crippen LogP contribution is -2.46. The van der Waals surface area contributed by atoms with Crippen molar-refractivity contribution in [1.29, 1.82) is 0 Å². The predicted molar refractivity (Wildman–Crippen MR) is 75.8 cm³/mol. The van der Waals surface area contributed by atoms with Crippen molar-refractivity contribution in [3.63, 3.8) is 0 Å². The summed E-state index contributed by atoms with van der Waals surface area (Å²) in [6.07, 6.45) is -0.103. The zero-order valence-corrected chi connectivity index (χ0v) is 12.3. The maximum Gasteiger partial charge on any atom is 0.215 e. The first-order valence-corrected chi connectivity index (χ1v) is 6.79. The highest BCUT2D eigenvalue weighted by atomic mass is 19.1. The summed E-state index contributed by atoms with van der Waals surface area (Å²) < 4.78 is 37.7. The number of hydrogen-bond acceptors (Lipinski definition) is 3. The van der Waals surface area contributed by atoms with Gasteiger partial charge in [-0.25, -0.2) is 8.78 Å². The topological polar surface area (TPSA) is 47.6 Å². The Kier molecular flexibility index (Phi) is 4.63. The minimum Gasteiger partial charge on any atom is -0.360 e. The highest BCUT2D eigenvalue weighted by Gasteiger charge is 2.37. The molecule has 1 N–H and O–H groups in total. The van der Waals surface area contributed by atoms with Crippen molar-refractivity contribution in [2.24, 2.45) is 0 Å². The van der Waals surface area contributed by atoms with Crippen molar-refractivity contribution >= 4 is 13.7 Å². The van der Waals surface area contributed by atoms with Crippen LogP contribution in [0.4, 0.5) is 13.6 Å². The molecule has 1 aliphatic heterocycles. The summed E-state index contributed by atoms with van der Waals surface area (Å²) >= 11 is 0. The SMILES string of the molecule is BC(=O)N[C@@H](Cc1cc(F)cc(F)c1)[C@H]1COC(C)(C)O1. The number of rotatable bonds is 4. The molecule has 0 radical (unpaired) electrons. The van der Waals surface area contributed by atoms with Gasteiger partial charge in [-0.15, -0.1) is 0 Å². The van der Waals surface area contributed by atoms with Crippen molar-refractivity contribution in [3.8, 4) is 0 Å². The second-order valence-electron chi connectivity index (χ2n) is 5.66. The average Bonchev–Trinajstić information content (AvgIpc) is 2.67. The fourth-order valence-electron chi connectivity index (χ4n) is 2.43. The third kappa shape index (κ3) is 4.51. The van der Waals surface area contributed by atoms with E-state index in [0.717, 1.165) is 6.07 Å². The van der Waals surface area contributed by atoms with Crippen LogP contribution >= 0.6 is 0 Å². The van der Waals surface area contributed by atoms with Gasteiger partial charge in [-0.05, 0) is 38.0 Å². The Bertz CT molecular complexity index is 519. The summed E-state index contributed by atoms with van der Waals surface area (Å²) in [7, 11) is 1.39. The van der Waals surface area contributed by atoms with Gasteiger partial charge in [0.25, 0.3) is 0 Å². The summed E-state index contributed by atoms with van der Waals surface area (Å²) in [4.78, 5) is 11.3. The number of nitrogens with one attached hydrogen (secondary N) is 1. The zero-order valence-electron chi connectivity index (χ0n) is 12.3. The Morgan fingerprint density at radius 1 is 1.43 bits per heavy atom. The van der Waals surface area contributed by atoms with E-state index in [1.54, 1.807) is 13.8 Å². The third-order valence-electron chi connectivity index (χ3n) is 3.25. The Morgan fingerprint density at radius 3 is 2.52 bits per heavy atom. The van der Waals surface area contributed by atoms with Crippen LogP contribution in [0, 0.1) is 11.6 Å². The number of ether oxygens (including phenoxy) is 2. The van der Waals surface area contributed by atoms with Gasteiger partial charge < -0.3 is 14.8 Å². The van der Waals surface area contributed by atoms with Gasteiger partial charge in [-0.1, -0.05) is 0 Å². The van der Waals surface area contributed by atoms with E-state index in [4.69, 9.17) is 9.47 Å². The molecule has 0 bridgehead atoms. The van der Waals surface area contributed by atoms with E-state index in [2.05, 4.69) is 5.32 Å². The van der Waals surface area contributed by atoms with Crippen molar-refractivity contribution in [2.45, 2.75) is 38.2 Å².